The highest BCUT2D eigenvalue weighted by molar-refractivity contribution is 7.99. The molecule has 142 valence electrons. The minimum absolute atomic E-state index is 0.0595. The zero-order valence-corrected chi connectivity index (χ0v) is 16.3. The fraction of sp³-hybridized carbons (Fsp3) is 0.190. The maximum atomic E-state index is 12.8. The Kier molecular flexibility index (Phi) is 6.71. The van der Waals surface area contributed by atoms with Crippen molar-refractivity contribution in [1.82, 2.24) is 9.55 Å². The van der Waals surface area contributed by atoms with Gasteiger partial charge in [-0.25, -0.2) is 4.98 Å². The van der Waals surface area contributed by atoms with Crippen LogP contribution in [0.2, 0.25) is 0 Å². The molecule has 0 saturated carbocycles. The molecule has 7 heteroatoms. The van der Waals surface area contributed by atoms with Crippen molar-refractivity contribution in [2.75, 3.05) is 24.3 Å². The standard InChI is InChI=1S/C21H20N4O2S/c1-27-19-10-8-18(9-11-19)25-15-13-23-21(25)28-16-20(26)24(14-5-12-22)17-6-3-2-4-7-17/h2-4,6-11,13,15H,5,14,16H2,1H3. The number of hydrogen-bond acceptors (Lipinski definition) is 5. The number of amides is 1. The van der Waals surface area contributed by atoms with Crippen LogP contribution in [0.5, 0.6) is 5.75 Å². The molecule has 0 atom stereocenters. The third-order valence-electron chi connectivity index (χ3n) is 4.10. The lowest BCUT2D eigenvalue weighted by molar-refractivity contribution is -0.116. The molecule has 0 unspecified atom stereocenters. The fourth-order valence-corrected chi connectivity index (χ4v) is 3.56. The third-order valence-corrected chi connectivity index (χ3v) is 5.05. The van der Waals surface area contributed by atoms with Gasteiger partial charge in [-0.05, 0) is 36.4 Å². The van der Waals surface area contributed by atoms with Gasteiger partial charge in [0.15, 0.2) is 5.16 Å². The molecule has 0 saturated heterocycles. The van der Waals surface area contributed by atoms with E-state index in [4.69, 9.17) is 10.00 Å². The molecular formula is C21H20N4O2S. The summed E-state index contributed by atoms with van der Waals surface area (Å²) in [4.78, 5) is 18.8. The number of rotatable bonds is 8. The lowest BCUT2D eigenvalue weighted by Gasteiger charge is -2.21. The van der Waals surface area contributed by atoms with E-state index in [1.165, 1.54) is 11.8 Å². The van der Waals surface area contributed by atoms with E-state index in [9.17, 15) is 4.79 Å². The predicted molar refractivity (Wildman–Crippen MR) is 110 cm³/mol. The number of thioether (sulfide) groups is 1. The van der Waals surface area contributed by atoms with Crippen molar-refractivity contribution in [3.63, 3.8) is 0 Å². The summed E-state index contributed by atoms with van der Waals surface area (Å²) < 4.78 is 7.12. The highest BCUT2D eigenvalue weighted by Crippen LogP contribution is 2.23. The van der Waals surface area contributed by atoms with Crippen molar-refractivity contribution in [2.24, 2.45) is 0 Å². The van der Waals surface area contributed by atoms with Crippen LogP contribution < -0.4 is 9.64 Å². The fourth-order valence-electron chi connectivity index (χ4n) is 2.71. The van der Waals surface area contributed by atoms with Crippen LogP contribution in [-0.2, 0) is 4.79 Å². The van der Waals surface area contributed by atoms with Gasteiger partial charge in [0.25, 0.3) is 0 Å². The second kappa shape index (κ2) is 9.62. The van der Waals surface area contributed by atoms with Crippen molar-refractivity contribution in [2.45, 2.75) is 11.6 Å². The molecule has 0 bridgehead atoms. The number of carbonyl (C=O) groups excluding carboxylic acids is 1. The summed E-state index contributed by atoms with van der Waals surface area (Å²) in [6.45, 7) is 0.368. The first kappa shape index (κ1) is 19.5. The van der Waals surface area contributed by atoms with Gasteiger partial charge in [-0.2, -0.15) is 5.26 Å². The SMILES string of the molecule is COc1ccc(-n2ccnc2SCC(=O)N(CCC#N)c2ccccc2)cc1. The van der Waals surface area contributed by atoms with E-state index in [2.05, 4.69) is 11.1 Å². The average molecular weight is 392 g/mol. The van der Waals surface area contributed by atoms with E-state index < -0.39 is 0 Å². The zero-order valence-electron chi connectivity index (χ0n) is 15.5. The van der Waals surface area contributed by atoms with Gasteiger partial charge >= 0.3 is 0 Å². The Morgan fingerprint density at radius 3 is 2.64 bits per heavy atom. The van der Waals surface area contributed by atoms with Crippen LogP contribution in [-0.4, -0.2) is 34.9 Å². The highest BCUT2D eigenvalue weighted by atomic mass is 32.2. The lowest BCUT2D eigenvalue weighted by atomic mass is 10.2. The molecule has 3 rings (SSSR count). The molecule has 1 aromatic heterocycles. The Balaban J connectivity index is 1.71. The van der Waals surface area contributed by atoms with E-state index in [1.807, 2.05) is 65.4 Å². The van der Waals surface area contributed by atoms with Crippen molar-refractivity contribution < 1.29 is 9.53 Å². The molecule has 0 radical (unpaired) electrons. The van der Waals surface area contributed by atoms with Crippen molar-refractivity contribution in [3.8, 4) is 17.5 Å². The number of aromatic nitrogens is 2. The number of anilines is 1. The molecule has 0 aliphatic rings. The van der Waals surface area contributed by atoms with Crippen LogP contribution in [0.15, 0.2) is 72.1 Å². The minimum Gasteiger partial charge on any atom is -0.497 e. The minimum atomic E-state index is -0.0595. The number of imidazole rings is 1. The maximum absolute atomic E-state index is 12.8. The first-order valence-electron chi connectivity index (χ1n) is 8.76. The first-order chi connectivity index (χ1) is 13.7. The summed E-state index contributed by atoms with van der Waals surface area (Å²) in [6.07, 6.45) is 3.85. The van der Waals surface area contributed by atoms with Crippen LogP contribution in [0.25, 0.3) is 5.69 Å². The summed E-state index contributed by atoms with van der Waals surface area (Å²) in [5.74, 6) is 0.952. The van der Waals surface area contributed by atoms with Gasteiger partial charge in [-0.1, -0.05) is 30.0 Å². The van der Waals surface area contributed by atoms with Crippen LogP contribution in [0.3, 0.4) is 0 Å². The summed E-state index contributed by atoms with van der Waals surface area (Å²) in [5, 5.41) is 9.64. The van der Waals surface area contributed by atoms with Crippen LogP contribution in [0.4, 0.5) is 5.69 Å². The molecule has 0 N–H and O–H groups in total. The largest absolute Gasteiger partial charge is 0.497 e. The summed E-state index contributed by atoms with van der Waals surface area (Å²) in [7, 11) is 1.63. The molecule has 0 spiro atoms. The quantitative estimate of drug-likeness (QED) is 0.544. The number of ether oxygens (including phenoxy) is 1. The topological polar surface area (TPSA) is 71.2 Å². The van der Waals surface area contributed by atoms with Crippen molar-refractivity contribution >= 4 is 23.4 Å². The number of nitrogens with zero attached hydrogens (tertiary/aromatic N) is 4. The number of methoxy groups -OCH3 is 1. The van der Waals surface area contributed by atoms with Gasteiger partial charge in [0.1, 0.15) is 5.75 Å². The molecule has 1 amide bonds. The van der Waals surface area contributed by atoms with Crippen molar-refractivity contribution in [3.05, 3.63) is 67.0 Å². The van der Waals surface area contributed by atoms with Gasteiger partial charge in [0.2, 0.25) is 5.91 Å². The average Bonchev–Trinajstić information content (AvgIpc) is 3.22. The lowest BCUT2D eigenvalue weighted by Crippen LogP contribution is -2.33. The normalized spacial score (nSPS) is 10.3. The zero-order chi connectivity index (χ0) is 19.8. The van der Waals surface area contributed by atoms with Gasteiger partial charge in [0, 0.05) is 30.3 Å². The number of carbonyl (C=O) groups is 1. The Bertz CT molecular complexity index is 949. The number of nitriles is 1. The summed E-state index contributed by atoms with van der Waals surface area (Å²) in [6, 6.07) is 19.2. The molecule has 1 heterocycles. The highest BCUT2D eigenvalue weighted by Gasteiger charge is 2.17. The van der Waals surface area contributed by atoms with E-state index in [1.54, 1.807) is 18.2 Å². The summed E-state index contributed by atoms with van der Waals surface area (Å²) in [5.41, 5.74) is 1.74. The molecule has 0 aliphatic carbocycles. The molecule has 0 fully saturated rings. The van der Waals surface area contributed by atoms with Crippen molar-refractivity contribution in [1.29, 1.82) is 5.26 Å². The molecule has 3 aromatic rings. The van der Waals surface area contributed by atoms with E-state index in [0.29, 0.717) is 6.54 Å². The Morgan fingerprint density at radius 1 is 1.21 bits per heavy atom. The Labute approximate surface area is 168 Å². The second-order valence-corrected chi connectivity index (χ2v) is 6.80. The molecule has 28 heavy (non-hydrogen) atoms. The van der Waals surface area contributed by atoms with Gasteiger partial charge < -0.3 is 9.64 Å². The maximum Gasteiger partial charge on any atom is 0.237 e. The summed E-state index contributed by atoms with van der Waals surface area (Å²) >= 11 is 1.37. The smallest absolute Gasteiger partial charge is 0.237 e. The Morgan fingerprint density at radius 2 is 1.96 bits per heavy atom. The van der Waals surface area contributed by atoms with Gasteiger partial charge in [-0.3, -0.25) is 9.36 Å². The van der Waals surface area contributed by atoms with Crippen LogP contribution >= 0.6 is 11.8 Å². The third kappa shape index (κ3) is 4.72. The number of benzene rings is 2. The van der Waals surface area contributed by atoms with E-state index >= 15 is 0 Å². The molecular weight excluding hydrogens is 372 g/mol. The van der Waals surface area contributed by atoms with E-state index in [0.717, 1.165) is 22.3 Å². The monoisotopic (exact) mass is 392 g/mol. The molecule has 0 aliphatic heterocycles. The molecule has 2 aromatic carbocycles. The number of hydrogen-bond donors (Lipinski definition) is 0. The molecule has 6 nitrogen and oxygen atoms in total. The Hall–Kier alpha value is -3.24. The van der Waals surface area contributed by atoms with E-state index in [-0.39, 0.29) is 18.1 Å². The second-order valence-electron chi connectivity index (χ2n) is 5.86. The predicted octanol–water partition coefficient (Wildman–Crippen LogP) is 3.92. The number of para-hydroxylation sites is 1. The van der Waals surface area contributed by atoms with Gasteiger partial charge in [0.05, 0.1) is 25.4 Å². The van der Waals surface area contributed by atoms with Crippen LogP contribution in [0.1, 0.15) is 6.42 Å². The van der Waals surface area contributed by atoms with Gasteiger partial charge in [-0.15, -0.1) is 0 Å². The van der Waals surface area contributed by atoms with Crippen LogP contribution in [0, 0.1) is 11.3 Å². The first-order valence-corrected chi connectivity index (χ1v) is 9.74.